The molecule has 0 unspecified atom stereocenters. The summed E-state index contributed by atoms with van der Waals surface area (Å²) in [6.07, 6.45) is 1.44. The first-order chi connectivity index (χ1) is 7.68. The Labute approximate surface area is 96.0 Å². The topological polar surface area (TPSA) is 28.7 Å². The van der Waals surface area contributed by atoms with Gasteiger partial charge in [-0.15, -0.1) is 0 Å². The van der Waals surface area contributed by atoms with Gasteiger partial charge in [-0.25, -0.2) is 13.8 Å². The maximum atomic E-state index is 13.5. The monoisotopic (exact) mass is 238 g/mol. The average molecular weight is 238 g/mol. The van der Waals surface area contributed by atoms with Gasteiger partial charge < -0.3 is 4.98 Å². The quantitative estimate of drug-likeness (QED) is 0.815. The van der Waals surface area contributed by atoms with Crippen molar-refractivity contribution in [3.8, 4) is 0 Å². The molecule has 16 heavy (non-hydrogen) atoms. The third-order valence-electron chi connectivity index (χ3n) is 2.20. The van der Waals surface area contributed by atoms with E-state index in [9.17, 15) is 8.78 Å². The van der Waals surface area contributed by atoms with E-state index in [0.717, 1.165) is 0 Å². The van der Waals surface area contributed by atoms with Crippen molar-refractivity contribution < 1.29 is 8.78 Å². The zero-order valence-corrected chi connectivity index (χ0v) is 9.02. The van der Waals surface area contributed by atoms with Gasteiger partial charge in [0.05, 0.1) is 12.0 Å². The number of aromatic nitrogens is 2. The minimum atomic E-state index is -0.597. The van der Waals surface area contributed by atoms with E-state index in [1.54, 1.807) is 18.2 Å². The second-order valence-corrected chi connectivity index (χ2v) is 3.66. The second-order valence-electron chi connectivity index (χ2n) is 3.27. The summed E-state index contributed by atoms with van der Waals surface area (Å²) < 4.78 is 26.7. The van der Waals surface area contributed by atoms with Gasteiger partial charge in [-0.05, 0) is 11.6 Å². The number of nitrogens with one attached hydrogen (secondary N) is 1. The van der Waals surface area contributed by atoms with Crippen LogP contribution in [0.2, 0.25) is 0 Å². The van der Waals surface area contributed by atoms with Crippen LogP contribution >= 0.6 is 12.2 Å². The van der Waals surface area contributed by atoms with Gasteiger partial charge in [0.15, 0.2) is 10.5 Å². The molecule has 2 nitrogen and oxygen atoms in total. The van der Waals surface area contributed by atoms with Crippen LogP contribution in [0.5, 0.6) is 0 Å². The van der Waals surface area contributed by atoms with E-state index in [0.29, 0.717) is 5.56 Å². The van der Waals surface area contributed by atoms with Gasteiger partial charge in [0.2, 0.25) is 0 Å². The molecule has 2 rings (SSSR count). The third-order valence-corrected chi connectivity index (χ3v) is 2.48. The summed E-state index contributed by atoms with van der Waals surface area (Å²) in [5, 5.41) is 0. The van der Waals surface area contributed by atoms with Crippen molar-refractivity contribution in [2.45, 2.75) is 6.42 Å². The van der Waals surface area contributed by atoms with Crippen LogP contribution in [-0.2, 0) is 6.42 Å². The number of H-pyrrole nitrogens is 1. The predicted octanol–water partition coefficient (Wildman–Crippen LogP) is 3.01. The molecule has 0 atom stereocenters. The lowest BCUT2D eigenvalue weighted by Gasteiger charge is -2.04. The van der Waals surface area contributed by atoms with Crippen molar-refractivity contribution >= 4 is 12.2 Å². The lowest BCUT2D eigenvalue weighted by molar-refractivity contribution is 0.581. The lowest BCUT2D eigenvalue weighted by Crippen LogP contribution is -2.00. The summed E-state index contributed by atoms with van der Waals surface area (Å²) in [5.74, 6) is -0.959. The van der Waals surface area contributed by atoms with Crippen LogP contribution in [0.4, 0.5) is 8.78 Å². The fourth-order valence-corrected chi connectivity index (χ4v) is 1.55. The van der Waals surface area contributed by atoms with Crippen molar-refractivity contribution in [3.63, 3.8) is 0 Å². The molecule has 1 aromatic carbocycles. The Balaban J connectivity index is 2.38. The summed E-state index contributed by atoms with van der Waals surface area (Å²) >= 11 is 4.69. The summed E-state index contributed by atoms with van der Waals surface area (Å²) in [6, 6.07) is 6.23. The van der Waals surface area contributed by atoms with Gasteiger partial charge >= 0.3 is 0 Å². The lowest BCUT2D eigenvalue weighted by atomic mass is 10.1. The van der Waals surface area contributed by atoms with E-state index in [4.69, 9.17) is 0 Å². The molecule has 0 aliphatic heterocycles. The van der Waals surface area contributed by atoms with Gasteiger partial charge in [0, 0.05) is 6.42 Å². The molecule has 0 spiro atoms. The van der Waals surface area contributed by atoms with Crippen LogP contribution in [0.25, 0.3) is 0 Å². The molecular formula is C11H8F2N2S. The molecule has 2 aromatic rings. The van der Waals surface area contributed by atoms with Crippen molar-refractivity contribution in [2.24, 2.45) is 0 Å². The van der Waals surface area contributed by atoms with E-state index < -0.39 is 5.82 Å². The first kappa shape index (κ1) is 10.9. The third kappa shape index (κ3) is 2.14. The SMILES string of the molecule is Fc1ccccc1Cc1[nH]cnc(=S)c1F. The maximum absolute atomic E-state index is 13.5. The molecule has 1 heterocycles. The number of hydrogen-bond acceptors (Lipinski definition) is 2. The summed E-state index contributed by atoms with van der Waals surface area (Å²) in [7, 11) is 0. The molecular weight excluding hydrogens is 230 g/mol. The highest BCUT2D eigenvalue weighted by Crippen LogP contribution is 2.13. The predicted molar refractivity (Wildman–Crippen MR) is 58.6 cm³/mol. The number of halogens is 2. The highest BCUT2D eigenvalue weighted by molar-refractivity contribution is 7.71. The number of rotatable bonds is 2. The molecule has 0 aliphatic rings. The fourth-order valence-electron chi connectivity index (χ4n) is 1.38. The van der Waals surface area contributed by atoms with E-state index >= 15 is 0 Å². The largest absolute Gasteiger partial charge is 0.347 e. The molecule has 0 saturated heterocycles. The van der Waals surface area contributed by atoms with Crippen LogP contribution in [0, 0.1) is 16.3 Å². The van der Waals surface area contributed by atoms with E-state index in [-0.39, 0.29) is 22.6 Å². The number of aromatic amines is 1. The van der Waals surface area contributed by atoms with Crippen molar-refractivity contribution in [3.05, 3.63) is 58.1 Å². The summed E-state index contributed by atoms with van der Waals surface area (Å²) in [5.41, 5.74) is 0.656. The first-order valence-corrected chi connectivity index (χ1v) is 5.05. The summed E-state index contributed by atoms with van der Waals surface area (Å²) in [4.78, 5) is 6.23. The normalized spacial score (nSPS) is 10.4. The smallest absolute Gasteiger partial charge is 0.179 e. The summed E-state index contributed by atoms with van der Waals surface area (Å²) in [6.45, 7) is 0. The highest BCUT2D eigenvalue weighted by Gasteiger charge is 2.08. The first-order valence-electron chi connectivity index (χ1n) is 4.64. The number of nitrogens with zero attached hydrogens (tertiary/aromatic N) is 1. The zero-order chi connectivity index (χ0) is 11.5. The van der Waals surface area contributed by atoms with Crippen molar-refractivity contribution in [1.29, 1.82) is 0 Å². The van der Waals surface area contributed by atoms with Crippen LogP contribution in [0.3, 0.4) is 0 Å². The number of hydrogen-bond donors (Lipinski definition) is 1. The molecule has 1 aromatic heterocycles. The van der Waals surface area contributed by atoms with E-state index in [1.165, 1.54) is 12.4 Å². The molecule has 0 saturated carbocycles. The van der Waals surface area contributed by atoms with Crippen molar-refractivity contribution in [2.75, 3.05) is 0 Å². The second kappa shape index (κ2) is 4.49. The minimum Gasteiger partial charge on any atom is -0.347 e. The molecule has 0 radical (unpaired) electrons. The Kier molecular flexibility index (Phi) is 3.05. The van der Waals surface area contributed by atoms with Gasteiger partial charge in [-0.2, -0.15) is 0 Å². The molecule has 0 bridgehead atoms. The van der Waals surface area contributed by atoms with Crippen LogP contribution < -0.4 is 0 Å². The van der Waals surface area contributed by atoms with Crippen LogP contribution in [0.1, 0.15) is 11.3 Å². The molecule has 82 valence electrons. The van der Waals surface area contributed by atoms with Crippen molar-refractivity contribution in [1.82, 2.24) is 9.97 Å². The van der Waals surface area contributed by atoms with E-state index in [2.05, 4.69) is 22.2 Å². The number of benzene rings is 1. The van der Waals surface area contributed by atoms with Gasteiger partial charge in [-0.3, -0.25) is 0 Å². The molecule has 0 aliphatic carbocycles. The Morgan fingerprint density at radius 3 is 2.75 bits per heavy atom. The molecule has 0 fully saturated rings. The minimum absolute atomic E-state index is 0.106. The van der Waals surface area contributed by atoms with E-state index in [1.807, 2.05) is 0 Å². The van der Waals surface area contributed by atoms with Gasteiger partial charge in [0.1, 0.15) is 5.82 Å². The Hall–Kier alpha value is -1.62. The Bertz CT molecular complexity index is 566. The van der Waals surface area contributed by atoms with Gasteiger partial charge in [0.25, 0.3) is 0 Å². The maximum Gasteiger partial charge on any atom is 0.179 e. The fraction of sp³-hybridized carbons (Fsp3) is 0.0909. The molecule has 0 amide bonds. The zero-order valence-electron chi connectivity index (χ0n) is 8.21. The highest BCUT2D eigenvalue weighted by atomic mass is 32.1. The average Bonchev–Trinajstić information content (AvgIpc) is 2.28. The molecule has 5 heteroatoms. The molecule has 1 N–H and O–H groups in total. The Morgan fingerprint density at radius 2 is 2.00 bits per heavy atom. The standard InChI is InChI=1S/C11H8F2N2S/c12-8-4-2-1-3-7(8)5-9-10(13)11(16)15-6-14-9/h1-4,6H,5H2,(H,14,15,16). The van der Waals surface area contributed by atoms with Crippen LogP contribution in [-0.4, -0.2) is 9.97 Å². The Morgan fingerprint density at radius 1 is 1.25 bits per heavy atom. The van der Waals surface area contributed by atoms with Crippen LogP contribution in [0.15, 0.2) is 30.6 Å². The van der Waals surface area contributed by atoms with Gasteiger partial charge in [-0.1, -0.05) is 30.4 Å².